The van der Waals surface area contributed by atoms with E-state index in [1.165, 1.54) is 6.07 Å². The summed E-state index contributed by atoms with van der Waals surface area (Å²) < 4.78 is 38.3. The van der Waals surface area contributed by atoms with E-state index in [-0.39, 0.29) is 6.04 Å². The van der Waals surface area contributed by atoms with Gasteiger partial charge in [0.05, 0.1) is 11.1 Å². The first-order valence-corrected chi connectivity index (χ1v) is 6.85. The molecule has 0 aliphatic carbocycles. The van der Waals surface area contributed by atoms with Crippen LogP contribution in [0.3, 0.4) is 0 Å². The SMILES string of the molecule is CC(C)N=C(Nc1cccc(C(F)(F)F)c1)c1ccc[nH+]c1. The maximum absolute atomic E-state index is 12.8. The van der Waals surface area contributed by atoms with Crippen LogP contribution in [0.1, 0.15) is 25.0 Å². The van der Waals surface area contributed by atoms with Crippen LogP contribution in [0.4, 0.5) is 18.9 Å². The van der Waals surface area contributed by atoms with Gasteiger partial charge in [-0.05, 0) is 38.1 Å². The number of anilines is 1. The molecule has 2 N–H and O–H groups in total. The molecular weight excluding hydrogens is 291 g/mol. The minimum atomic E-state index is -4.37. The zero-order valence-corrected chi connectivity index (χ0v) is 12.3. The Bertz CT molecular complexity index is 649. The smallest absolute Gasteiger partial charge is 0.340 e. The van der Waals surface area contributed by atoms with Gasteiger partial charge < -0.3 is 5.32 Å². The average Bonchev–Trinajstić information content (AvgIpc) is 2.46. The number of aliphatic imine (C=N–C) groups is 1. The molecule has 6 heteroatoms. The maximum atomic E-state index is 12.8. The van der Waals surface area contributed by atoms with E-state index in [0.29, 0.717) is 11.5 Å². The van der Waals surface area contributed by atoms with Crippen molar-refractivity contribution in [1.29, 1.82) is 0 Å². The number of nitrogens with one attached hydrogen (secondary N) is 2. The predicted molar refractivity (Wildman–Crippen MR) is 79.7 cm³/mol. The molecule has 22 heavy (non-hydrogen) atoms. The first-order chi connectivity index (χ1) is 10.4. The second-order valence-electron chi connectivity index (χ2n) is 5.07. The van der Waals surface area contributed by atoms with Gasteiger partial charge in [0.2, 0.25) is 0 Å². The van der Waals surface area contributed by atoms with Crippen LogP contribution in [0, 0.1) is 0 Å². The lowest BCUT2D eigenvalue weighted by atomic mass is 10.2. The molecule has 1 aromatic heterocycles. The summed E-state index contributed by atoms with van der Waals surface area (Å²) in [5.74, 6) is 0.520. The van der Waals surface area contributed by atoms with Crippen LogP contribution in [-0.4, -0.2) is 11.9 Å². The highest BCUT2D eigenvalue weighted by Crippen LogP contribution is 2.30. The monoisotopic (exact) mass is 308 g/mol. The number of halogens is 3. The number of pyridine rings is 1. The first-order valence-electron chi connectivity index (χ1n) is 6.85. The molecule has 0 amide bonds. The Morgan fingerprint density at radius 3 is 2.55 bits per heavy atom. The number of aromatic amines is 1. The number of rotatable bonds is 3. The molecule has 0 saturated carbocycles. The number of nitrogens with zero attached hydrogens (tertiary/aromatic N) is 1. The molecule has 0 aliphatic heterocycles. The molecule has 116 valence electrons. The third-order valence-corrected chi connectivity index (χ3v) is 2.82. The topological polar surface area (TPSA) is 38.5 Å². The Morgan fingerprint density at radius 1 is 1.18 bits per heavy atom. The molecule has 1 aromatic carbocycles. The number of amidine groups is 1. The zero-order chi connectivity index (χ0) is 16.2. The zero-order valence-electron chi connectivity index (χ0n) is 12.3. The number of hydrogen-bond donors (Lipinski definition) is 1. The van der Waals surface area contributed by atoms with Gasteiger partial charge >= 0.3 is 6.18 Å². The standard InChI is InChI=1S/C16H16F3N3/c1-11(2)21-15(12-5-4-8-20-10-12)22-14-7-3-6-13(9-14)16(17,18)19/h3-11H,1-2H3,(H,21,22)/p+1. The Balaban J connectivity index is 2.33. The van der Waals surface area contributed by atoms with Gasteiger partial charge in [-0.3, -0.25) is 4.99 Å². The van der Waals surface area contributed by atoms with Gasteiger partial charge in [-0.15, -0.1) is 0 Å². The van der Waals surface area contributed by atoms with E-state index in [9.17, 15) is 13.2 Å². The molecule has 2 rings (SSSR count). The first kappa shape index (κ1) is 16.0. The molecule has 0 fully saturated rings. The maximum Gasteiger partial charge on any atom is 0.416 e. The van der Waals surface area contributed by atoms with Crippen molar-refractivity contribution < 1.29 is 18.2 Å². The van der Waals surface area contributed by atoms with Crippen molar-refractivity contribution in [3.8, 4) is 0 Å². The molecule has 0 atom stereocenters. The van der Waals surface area contributed by atoms with Gasteiger partial charge in [-0.2, -0.15) is 13.2 Å². The van der Waals surface area contributed by atoms with Crippen LogP contribution in [0.2, 0.25) is 0 Å². The molecule has 0 bridgehead atoms. The van der Waals surface area contributed by atoms with Gasteiger partial charge in [0.1, 0.15) is 5.84 Å². The van der Waals surface area contributed by atoms with E-state index in [0.717, 1.165) is 17.7 Å². The highest BCUT2D eigenvalue weighted by molar-refractivity contribution is 6.08. The Kier molecular flexibility index (Phi) is 4.80. The number of hydrogen-bond acceptors (Lipinski definition) is 1. The predicted octanol–water partition coefficient (Wildman–Crippen LogP) is 3.79. The van der Waals surface area contributed by atoms with E-state index in [1.54, 1.807) is 24.5 Å². The molecule has 0 saturated heterocycles. The third kappa shape index (κ3) is 4.31. The van der Waals surface area contributed by atoms with E-state index >= 15 is 0 Å². The van der Waals surface area contributed by atoms with Crippen LogP contribution >= 0.6 is 0 Å². The number of H-pyrrole nitrogens is 1. The number of aromatic nitrogens is 1. The fraction of sp³-hybridized carbons (Fsp3) is 0.250. The van der Waals surface area contributed by atoms with Crippen molar-refractivity contribution in [2.24, 2.45) is 4.99 Å². The summed E-state index contributed by atoms with van der Waals surface area (Å²) >= 11 is 0. The van der Waals surface area contributed by atoms with Crippen LogP contribution in [0.5, 0.6) is 0 Å². The van der Waals surface area contributed by atoms with Crippen LogP contribution < -0.4 is 10.3 Å². The second kappa shape index (κ2) is 6.60. The van der Waals surface area contributed by atoms with Gasteiger partial charge in [0, 0.05) is 17.8 Å². The van der Waals surface area contributed by atoms with Crippen LogP contribution in [-0.2, 0) is 6.18 Å². The van der Waals surface area contributed by atoms with Crippen molar-refractivity contribution in [2.45, 2.75) is 26.1 Å². The number of benzene rings is 1. The van der Waals surface area contributed by atoms with Gasteiger partial charge in [0.25, 0.3) is 0 Å². The molecule has 3 nitrogen and oxygen atoms in total. The van der Waals surface area contributed by atoms with E-state index in [2.05, 4.69) is 15.3 Å². The van der Waals surface area contributed by atoms with Gasteiger partial charge in [-0.1, -0.05) is 6.07 Å². The summed E-state index contributed by atoms with van der Waals surface area (Å²) in [5.41, 5.74) is 0.424. The van der Waals surface area contributed by atoms with E-state index in [1.807, 2.05) is 19.9 Å². The lowest BCUT2D eigenvalue weighted by Crippen LogP contribution is -2.18. The molecule has 2 aromatic rings. The summed E-state index contributed by atoms with van der Waals surface area (Å²) in [6.07, 6.45) is -0.879. The van der Waals surface area contributed by atoms with Gasteiger partial charge in [-0.25, -0.2) is 4.98 Å². The summed E-state index contributed by atoms with van der Waals surface area (Å²) in [6.45, 7) is 3.81. The second-order valence-corrected chi connectivity index (χ2v) is 5.07. The summed E-state index contributed by atoms with van der Waals surface area (Å²) in [4.78, 5) is 7.37. The Morgan fingerprint density at radius 2 is 1.95 bits per heavy atom. The van der Waals surface area contributed by atoms with Crippen molar-refractivity contribution in [1.82, 2.24) is 0 Å². The van der Waals surface area contributed by atoms with Crippen LogP contribution in [0.25, 0.3) is 0 Å². The largest absolute Gasteiger partial charge is 0.416 e. The quantitative estimate of drug-likeness (QED) is 0.680. The van der Waals surface area contributed by atoms with Crippen molar-refractivity contribution in [3.63, 3.8) is 0 Å². The van der Waals surface area contributed by atoms with Gasteiger partial charge in [0.15, 0.2) is 12.4 Å². The molecule has 1 heterocycles. The fourth-order valence-corrected chi connectivity index (χ4v) is 1.89. The van der Waals surface area contributed by atoms with Crippen molar-refractivity contribution >= 4 is 11.5 Å². The minimum Gasteiger partial charge on any atom is -0.340 e. The highest BCUT2D eigenvalue weighted by atomic mass is 19.4. The summed E-state index contributed by atoms with van der Waals surface area (Å²) in [5, 5.41) is 2.97. The molecular formula is C16H17F3N3+. The normalized spacial score (nSPS) is 12.5. The average molecular weight is 308 g/mol. The minimum absolute atomic E-state index is 0.00787. The Hall–Kier alpha value is -2.37. The third-order valence-electron chi connectivity index (χ3n) is 2.82. The fourth-order valence-electron chi connectivity index (χ4n) is 1.89. The number of alkyl halides is 3. The van der Waals surface area contributed by atoms with Crippen molar-refractivity contribution in [2.75, 3.05) is 5.32 Å². The van der Waals surface area contributed by atoms with E-state index in [4.69, 9.17) is 0 Å². The molecule has 0 unspecified atom stereocenters. The lowest BCUT2D eigenvalue weighted by molar-refractivity contribution is -0.378. The highest BCUT2D eigenvalue weighted by Gasteiger charge is 2.30. The molecule has 0 radical (unpaired) electrons. The Labute approximate surface area is 126 Å². The van der Waals surface area contributed by atoms with Crippen molar-refractivity contribution in [3.05, 3.63) is 59.9 Å². The summed E-state index contributed by atoms with van der Waals surface area (Å²) in [6, 6.07) is 8.71. The van der Waals surface area contributed by atoms with E-state index < -0.39 is 11.7 Å². The molecule has 0 aliphatic rings. The molecule has 0 spiro atoms. The van der Waals surface area contributed by atoms with Crippen LogP contribution in [0.15, 0.2) is 53.8 Å². The summed E-state index contributed by atoms with van der Waals surface area (Å²) in [7, 11) is 0. The lowest BCUT2D eigenvalue weighted by Gasteiger charge is -2.13.